The van der Waals surface area contributed by atoms with E-state index in [0.29, 0.717) is 43.4 Å². The average molecular weight is 456 g/mol. The van der Waals surface area contributed by atoms with Gasteiger partial charge in [-0.25, -0.2) is 0 Å². The molecule has 0 spiro atoms. The number of carbonyl (C=O) groups excluding carboxylic acids is 3. The Balaban J connectivity index is 1.44. The maximum atomic E-state index is 13.1. The highest BCUT2D eigenvalue weighted by Gasteiger charge is 2.36. The molecule has 1 fully saturated rings. The summed E-state index contributed by atoms with van der Waals surface area (Å²) in [5.74, 6) is 0.390. The first-order valence-electron chi connectivity index (χ1n) is 10.4. The number of thioether (sulfide) groups is 1. The molecule has 1 atom stereocenters. The van der Waals surface area contributed by atoms with Crippen LogP contribution in [-0.2, 0) is 19.1 Å². The maximum absolute atomic E-state index is 13.1. The second-order valence-electron chi connectivity index (χ2n) is 7.51. The maximum Gasteiger partial charge on any atom is 0.265 e. The predicted molar refractivity (Wildman–Crippen MR) is 122 cm³/mol. The number of para-hydroxylation sites is 2. The van der Waals surface area contributed by atoms with E-state index in [1.807, 2.05) is 30.3 Å². The molecule has 168 valence electrons. The Bertz CT molecular complexity index is 991. The summed E-state index contributed by atoms with van der Waals surface area (Å²) >= 11 is 1.41. The molecule has 9 heteroatoms. The van der Waals surface area contributed by atoms with Gasteiger partial charge in [0.2, 0.25) is 11.8 Å². The van der Waals surface area contributed by atoms with Crippen LogP contribution in [0.25, 0.3) is 0 Å². The van der Waals surface area contributed by atoms with Crippen LogP contribution >= 0.6 is 11.8 Å². The molecule has 0 aromatic heterocycles. The van der Waals surface area contributed by atoms with Crippen molar-refractivity contribution < 1.29 is 23.9 Å². The molecule has 0 aliphatic carbocycles. The number of nitrogens with one attached hydrogen (secondary N) is 1. The van der Waals surface area contributed by atoms with Gasteiger partial charge in [0, 0.05) is 30.6 Å². The average Bonchev–Trinajstić information content (AvgIpc) is 2.82. The van der Waals surface area contributed by atoms with Crippen molar-refractivity contribution in [2.45, 2.75) is 17.9 Å². The summed E-state index contributed by atoms with van der Waals surface area (Å²) in [7, 11) is 0. The first kappa shape index (κ1) is 22.2. The minimum atomic E-state index is -0.742. The zero-order valence-electron chi connectivity index (χ0n) is 17.8. The van der Waals surface area contributed by atoms with Crippen LogP contribution in [0, 0.1) is 0 Å². The fourth-order valence-electron chi connectivity index (χ4n) is 3.65. The lowest BCUT2D eigenvalue weighted by molar-refractivity contribution is -0.142. The van der Waals surface area contributed by atoms with Gasteiger partial charge in [0.15, 0.2) is 6.10 Å². The van der Waals surface area contributed by atoms with Crippen LogP contribution in [-0.4, -0.2) is 67.3 Å². The second kappa shape index (κ2) is 10.1. The van der Waals surface area contributed by atoms with Gasteiger partial charge in [-0.05, 0) is 36.4 Å². The first-order chi connectivity index (χ1) is 15.5. The van der Waals surface area contributed by atoms with Crippen molar-refractivity contribution in [3.63, 3.8) is 0 Å². The molecule has 0 bridgehead atoms. The summed E-state index contributed by atoms with van der Waals surface area (Å²) < 4.78 is 11.3. The van der Waals surface area contributed by atoms with Crippen molar-refractivity contribution >= 4 is 40.9 Å². The Hall–Kier alpha value is -3.04. The van der Waals surface area contributed by atoms with Crippen molar-refractivity contribution in [3.8, 4) is 5.75 Å². The number of rotatable bonds is 5. The summed E-state index contributed by atoms with van der Waals surface area (Å²) in [6, 6.07) is 14.6. The summed E-state index contributed by atoms with van der Waals surface area (Å²) in [5.41, 5.74) is 1.38. The van der Waals surface area contributed by atoms with E-state index in [1.54, 1.807) is 28.0 Å². The minimum absolute atomic E-state index is 0.100. The van der Waals surface area contributed by atoms with Crippen LogP contribution < -0.4 is 15.0 Å². The Morgan fingerprint density at radius 1 is 1.06 bits per heavy atom. The van der Waals surface area contributed by atoms with Gasteiger partial charge in [0.1, 0.15) is 5.75 Å². The molecule has 2 aliphatic rings. The topological polar surface area (TPSA) is 88.2 Å². The third kappa shape index (κ3) is 5.23. The zero-order valence-corrected chi connectivity index (χ0v) is 18.6. The molecule has 4 rings (SSSR count). The quantitative estimate of drug-likeness (QED) is 0.697. The lowest BCUT2D eigenvalue weighted by Crippen LogP contribution is -2.54. The molecule has 2 aromatic rings. The number of amides is 3. The molecule has 2 heterocycles. The van der Waals surface area contributed by atoms with Gasteiger partial charge in [-0.3, -0.25) is 14.4 Å². The predicted octanol–water partition coefficient (Wildman–Crippen LogP) is 2.39. The summed E-state index contributed by atoms with van der Waals surface area (Å²) in [6.07, 6.45) is -0.742. The molecular weight excluding hydrogens is 430 g/mol. The fraction of sp³-hybridized carbons (Fsp3) is 0.348. The Morgan fingerprint density at radius 2 is 1.78 bits per heavy atom. The van der Waals surface area contributed by atoms with Crippen LogP contribution in [0.2, 0.25) is 0 Å². The molecular formula is C23H25N3O5S. The third-order valence-corrected chi connectivity index (χ3v) is 6.21. The highest BCUT2D eigenvalue weighted by molar-refractivity contribution is 8.00. The van der Waals surface area contributed by atoms with Crippen LogP contribution in [0.1, 0.15) is 6.92 Å². The molecule has 0 saturated carbocycles. The van der Waals surface area contributed by atoms with E-state index in [1.165, 1.54) is 18.7 Å². The van der Waals surface area contributed by atoms with Gasteiger partial charge in [-0.15, -0.1) is 11.8 Å². The van der Waals surface area contributed by atoms with Crippen molar-refractivity contribution in [2.24, 2.45) is 0 Å². The Labute approximate surface area is 190 Å². The van der Waals surface area contributed by atoms with Crippen molar-refractivity contribution in [1.29, 1.82) is 0 Å². The monoisotopic (exact) mass is 455 g/mol. The van der Waals surface area contributed by atoms with Gasteiger partial charge in [0.05, 0.1) is 31.2 Å². The largest absolute Gasteiger partial charge is 0.476 e. The smallest absolute Gasteiger partial charge is 0.265 e. The number of hydrogen-bond donors (Lipinski definition) is 1. The highest BCUT2D eigenvalue weighted by Crippen LogP contribution is 2.34. The van der Waals surface area contributed by atoms with Gasteiger partial charge in [0.25, 0.3) is 5.91 Å². The first-order valence-corrected chi connectivity index (χ1v) is 11.4. The zero-order chi connectivity index (χ0) is 22.5. The number of carbonyl (C=O) groups is 3. The molecule has 32 heavy (non-hydrogen) atoms. The fourth-order valence-corrected chi connectivity index (χ4v) is 4.42. The molecule has 1 unspecified atom stereocenters. The van der Waals surface area contributed by atoms with Gasteiger partial charge < -0.3 is 24.6 Å². The van der Waals surface area contributed by atoms with Crippen LogP contribution in [0.5, 0.6) is 5.75 Å². The number of hydrogen-bond acceptors (Lipinski definition) is 6. The van der Waals surface area contributed by atoms with E-state index >= 15 is 0 Å². The molecule has 8 nitrogen and oxygen atoms in total. The van der Waals surface area contributed by atoms with Gasteiger partial charge in [-0.2, -0.15) is 0 Å². The Morgan fingerprint density at radius 3 is 2.50 bits per heavy atom. The summed E-state index contributed by atoms with van der Waals surface area (Å²) in [6.45, 7) is 3.70. The normalized spacial score (nSPS) is 17.8. The molecule has 0 radical (unpaired) electrons. The highest BCUT2D eigenvalue weighted by atomic mass is 32.2. The standard InChI is InChI=1S/C23H25N3O5S/c1-16(27)24-17-6-8-18(9-7-17)32-15-22(28)26-14-21(23(29)25-10-12-30-13-11-25)31-20-5-3-2-4-19(20)26/h2-9,21H,10-15H2,1H3,(H,24,27). The van der Waals surface area contributed by atoms with E-state index in [-0.39, 0.29) is 30.0 Å². The molecule has 2 aromatic carbocycles. The molecule has 3 amide bonds. The molecule has 1 N–H and O–H groups in total. The number of benzene rings is 2. The Kier molecular flexibility index (Phi) is 6.96. The number of anilines is 2. The number of morpholine rings is 1. The van der Waals surface area contributed by atoms with Crippen molar-refractivity contribution in [1.82, 2.24) is 4.90 Å². The SMILES string of the molecule is CC(=O)Nc1ccc(SCC(=O)N2CC(C(=O)N3CCOCC3)Oc3ccccc32)cc1. The van der Waals surface area contributed by atoms with Gasteiger partial charge >= 0.3 is 0 Å². The van der Waals surface area contributed by atoms with E-state index < -0.39 is 6.10 Å². The van der Waals surface area contributed by atoms with Crippen LogP contribution in [0.15, 0.2) is 53.4 Å². The van der Waals surface area contributed by atoms with E-state index in [2.05, 4.69) is 5.32 Å². The third-order valence-electron chi connectivity index (χ3n) is 5.21. The molecule has 2 aliphatic heterocycles. The summed E-state index contributed by atoms with van der Waals surface area (Å²) in [5, 5.41) is 2.72. The summed E-state index contributed by atoms with van der Waals surface area (Å²) in [4.78, 5) is 41.6. The van der Waals surface area contributed by atoms with Gasteiger partial charge in [-0.1, -0.05) is 12.1 Å². The van der Waals surface area contributed by atoms with Crippen molar-refractivity contribution in [3.05, 3.63) is 48.5 Å². The van der Waals surface area contributed by atoms with E-state index in [9.17, 15) is 14.4 Å². The minimum Gasteiger partial charge on any atom is -0.476 e. The van der Waals surface area contributed by atoms with E-state index in [0.717, 1.165) is 4.90 Å². The number of fused-ring (bicyclic) bond motifs is 1. The lowest BCUT2D eigenvalue weighted by atomic mass is 10.1. The number of ether oxygens (including phenoxy) is 2. The van der Waals surface area contributed by atoms with Crippen molar-refractivity contribution in [2.75, 3.05) is 48.8 Å². The molecule has 1 saturated heterocycles. The van der Waals surface area contributed by atoms with E-state index in [4.69, 9.17) is 9.47 Å². The second-order valence-corrected chi connectivity index (χ2v) is 8.56. The van der Waals surface area contributed by atoms with Crippen LogP contribution in [0.4, 0.5) is 11.4 Å². The lowest BCUT2D eigenvalue weighted by Gasteiger charge is -2.37. The van der Waals surface area contributed by atoms with Crippen LogP contribution in [0.3, 0.4) is 0 Å². The number of nitrogens with zero attached hydrogens (tertiary/aromatic N) is 2.